The second kappa shape index (κ2) is 7.23. The molecular weight excluding hydrogens is 346 g/mol. The maximum absolute atomic E-state index is 12.5. The van der Waals surface area contributed by atoms with E-state index in [1.165, 1.54) is 0 Å². The van der Waals surface area contributed by atoms with Gasteiger partial charge in [0.1, 0.15) is 0 Å². The fourth-order valence-corrected chi connectivity index (χ4v) is 3.98. The maximum atomic E-state index is 12.5. The van der Waals surface area contributed by atoms with Gasteiger partial charge in [-0.25, -0.2) is 13.1 Å². The summed E-state index contributed by atoms with van der Waals surface area (Å²) in [5, 5.41) is 0.653. The first-order chi connectivity index (χ1) is 11.1. The Balaban J connectivity index is 2.48. The van der Waals surface area contributed by atoms with Crippen molar-refractivity contribution in [3.63, 3.8) is 0 Å². The number of methoxy groups -OCH3 is 1. The Labute approximate surface area is 148 Å². The molecule has 0 saturated heterocycles. The number of nitrogens with one attached hydrogen (secondary N) is 1. The van der Waals surface area contributed by atoms with Gasteiger partial charge in [-0.05, 0) is 61.7 Å². The molecule has 0 aliphatic rings. The Bertz CT molecular complexity index is 809. The number of hydrogen-bond acceptors (Lipinski definition) is 3. The third-order valence-corrected chi connectivity index (χ3v) is 5.29. The molecule has 2 aromatic rings. The summed E-state index contributed by atoms with van der Waals surface area (Å²) in [4.78, 5) is 0.224. The molecule has 24 heavy (non-hydrogen) atoms. The van der Waals surface area contributed by atoms with Gasteiger partial charge in [-0.2, -0.15) is 0 Å². The van der Waals surface area contributed by atoms with Gasteiger partial charge in [-0.15, -0.1) is 0 Å². The molecule has 0 heterocycles. The Morgan fingerprint density at radius 1 is 1.08 bits per heavy atom. The summed E-state index contributed by atoms with van der Waals surface area (Å²) in [6.45, 7) is 5.74. The van der Waals surface area contributed by atoms with Crippen molar-refractivity contribution in [2.45, 2.75) is 37.8 Å². The minimum Gasteiger partial charge on any atom is -0.380 e. The number of ether oxygens (including phenoxy) is 1. The SMILES string of the molecule is COCc1cc(S(=O)(=O)NC(C)(C)C)ccc1-c1ccc(Cl)cc1. The van der Waals surface area contributed by atoms with Gasteiger partial charge in [-0.3, -0.25) is 0 Å². The summed E-state index contributed by atoms with van der Waals surface area (Å²) in [5.41, 5.74) is 2.13. The Kier molecular flexibility index (Phi) is 5.71. The van der Waals surface area contributed by atoms with E-state index in [1.54, 1.807) is 37.4 Å². The third-order valence-electron chi connectivity index (χ3n) is 3.28. The number of sulfonamides is 1. The first-order valence-corrected chi connectivity index (χ1v) is 9.40. The van der Waals surface area contributed by atoms with Crippen molar-refractivity contribution >= 4 is 21.6 Å². The van der Waals surface area contributed by atoms with Gasteiger partial charge >= 0.3 is 0 Å². The Morgan fingerprint density at radius 2 is 1.71 bits per heavy atom. The molecule has 6 heteroatoms. The van der Waals surface area contributed by atoms with Crippen LogP contribution in [0.4, 0.5) is 0 Å². The standard InChI is InChI=1S/C18H22ClNO3S/c1-18(2,3)20-24(21,22)16-9-10-17(14(11-16)12-23-4)13-5-7-15(19)8-6-13/h5-11,20H,12H2,1-4H3. The van der Waals surface area contributed by atoms with Crippen LogP contribution in [0.15, 0.2) is 47.4 Å². The molecule has 0 aliphatic carbocycles. The van der Waals surface area contributed by atoms with Crippen LogP contribution < -0.4 is 4.72 Å². The summed E-state index contributed by atoms with van der Waals surface area (Å²) >= 11 is 5.93. The summed E-state index contributed by atoms with van der Waals surface area (Å²) < 4.78 is 33.0. The van der Waals surface area contributed by atoms with Crippen LogP contribution >= 0.6 is 11.6 Å². The molecule has 0 spiro atoms. The van der Waals surface area contributed by atoms with Crippen LogP contribution in [0.3, 0.4) is 0 Å². The zero-order chi connectivity index (χ0) is 18.0. The summed E-state index contributed by atoms with van der Waals surface area (Å²) in [6.07, 6.45) is 0. The maximum Gasteiger partial charge on any atom is 0.241 e. The molecule has 0 aliphatic heterocycles. The Morgan fingerprint density at radius 3 is 2.25 bits per heavy atom. The molecule has 0 bridgehead atoms. The lowest BCUT2D eigenvalue weighted by atomic mass is 10.0. The summed E-state index contributed by atoms with van der Waals surface area (Å²) in [7, 11) is -2.01. The minimum absolute atomic E-state index is 0.224. The average molecular weight is 368 g/mol. The normalized spacial score (nSPS) is 12.4. The molecule has 0 amide bonds. The molecule has 0 radical (unpaired) electrons. The van der Waals surface area contributed by atoms with Crippen molar-refractivity contribution in [3.8, 4) is 11.1 Å². The van der Waals surface area contributed by atoms with E-state index in [2.05, 4.69) is 4.72 Å². The summed E-state index contributed by atoms with van der Waals surface area (Å²) in [5.74, 6) is 0. The van der Waals surface area contributed by atoms with E-state index in [9.17, 15) is 8.42 Å². The van der Waals surface area contributed by atoms with Gasteiger partial charge < -0.3 is 4.74 Å². The van der Waals surface area contributed by atoms with E-state index in [4.69, 9.17) is 16.3 Å². The van der Waals surface area contributed by atoms with Crippen LogP contribution in [0.1, 0.15) is 26.3 Å². The first-order valence-electron chi connectivity index (χ1n) is 7.54. The van der Waals surface area contributed by atoms with E-state index >= 15 is 0 Å². The molecule has 4 nitrogen and oxygen atoms in total. The zero-order valence-corrected chi connectivity index (χ0v) is 15.8. The lowest BCUT2D eigenvalue weighted by Crippen LogP contribution is -2.40. The van der Waals surface area contributed by atoms with Crippen LogP contribution in [0.5, 0.6) is 0 Å². The molecule has 130 valence electrons. The summed E-state index contributed by atoms with van der Waals surface area (Å²) in [6, 6.07) is 12.5. The van der Waals surface area contributed by atoms with E-state index in [0.29, 0.717) is 11.6 Å². The van der Waals surface area contributed by atoms with E-state index in [-0.39, 0.29) is 4.90 Å². The fraction of sp³-hybridized carbons (Fsp3) is 0.333. The van der Waals surface area contributed by atoms with Crippen LogP contribution in [-0.2, 0) is 21.4 Å². The van der Waals surface area contributed by atoms with Crippen molar-refractivity contribution in [2.24, 2.45) is 0 Å². The quantitative estimate of drug-likeness (QED) is 0.860. The molecule has 0 unspecified atom stereocenters. The van der Waals surface area contributed by atoms with Crippen LogP contribution in [-0.4, -0.2) is 21.1 Å². The van der Waals surface area contributed by atoms with Crippen LogP contribution in [0, 0.1) is 0 Å². The molecule has 1 N–H and O–H groups in total. The van der Waals surface area contributed by atoms with Gasteiger partial charge in [0.25, 0.3) is 0 Å². The van der Waals surface area contributed by atoms with Crippen LogP contribution in [0.2, 0.25) is 5.02 Å². The molecule has 2 rings (SSSR count). The fourth-order valence-electron chi connectivity index (χ4n) is 2.39. The predicted molar refractivity (Wildman–Crippen MR) is 97.7 cm³/mol. The molecule has 0 fully saturated rings. The van der Waals surface area contributed by atoms with Crippen molar-refractivity contribution in [3.05, 3.63) is 53.1 Å². The highest BCUT2D eigenvalue weighted by molar-refractivity contribution is 7.89. The topological polar surface area (TPSA) is 55.4 Å². The van der Waals surface area contributed by atoms with Gasteiger partial charge in [0.15, 0.2) is 0 Å². The highest BCUT2D eigenvalue weighted by atomic mass is 35.5. The third kappa shape index (κ3) is 4.80. The van der Waals surface area contributed by atoms with Gasteiger partial charge in [-0.1, -0.05) is 29.8 Å². The van der Waals surface area contributed by atoms with E-state index in [1.807, 2.05) is 32.9 Å². The van der Waals surface area contributed by atoms with Gasteiger partial charge in [0.05, 0.1) is 11.5 Å². The number of halogens is 1. The number of rotatable bonds is 5. The second-order valence-electron chi connectivity index (χ2n) is 6.61. The average Bonchev–Trinajstić information content (AvgIpc) is 2.46. The molecule has 2 aromatic carbocycles. The molecule has 0 saturated carbocycles. The molecular formula is C18H22ClNO3S. The van der Waals surface area contributed by atoms with Crippen molar-refractivity contribution in [1.29, 1.82) is 0 Å². The highest BCUT2D eigenvalue weighted by Gasteiger charge is 2.23. The second-order valence-corrected chi connectivity index (χ2v) is 8.73. The van der Waals surface area contributed by atoms with Crippen molar-refractivity contribution in [1.82, 2.24) is 4.72 Å². The lowest BCUT2D eigenvalue weighted by molar-refractivity contribution is 0.185. The monoisotopic (exact) mass is 367 g/mol. The Hall–Kier alpha value is -1.40. The minimum atomic E-state index is -3.59. The van der Waals surface area contributed by atoms with Crippen LogP contribution in [0.25, 0.3) is 11.1 Å². The van der Waals surface area contributed by atoms with E-state index in [0.717, 1.165) is 16.7 Å². The molecule has 0 atom stereocenters. The molecule has 0 aromatic heterocycles. The zero-order valence-electron chi connectivity index (χ0n) is 14.3. The van der Waals surface area contributed by atoms with E-state index < -0.39 is 15.6 Å². The van der Waals surface area contributed by atoms with Crippen molar-refractivity contribution in [2.75, 3.05) is 7.11 Å². The first kappa shape index (κ1) is 18.9. The van der Waals surface area contributed by atoms with Gasteiger partial charge in [0.2, 0.25) is 10.0 Å². The predicted octanol–water partition coefficient (Wildman–Crippen LogP) is 4.23. The largest absolute Gasteiger partial charge is 0.380 e. The highest BCUT2D eigenvalue weighted by Crippen LogP contribution is 2.28. The van der Waals surface area contributed by atoms with Gasteiger partial charge in [0, 0.05) is 17.7 Å². The number of hydrogen-bond donors (Lipinski definition) is 1. The lowest BCUT2D eigenvalue weighted by Gasteiger charge is -2.21. The smallest absolute Gasteiger partial charge is 0.241 e. The van der Waals surface area contributed by atoms with Crippen molar-refractivity contribution < 1.29 is 13.2 Å². The number of benzene rings is 2.